The number of unbranched alkanes of at least 4 members (excludes halogenated alkanes) is 13. The van der Waals surface area contributed by atoms with Crippen LogP contribution >= 0.6 is 0 Å². The molecular formula is C20H43NO3. The summed E-state index contributed by atoms with van der Waals surface area (Å²) in [4.78, 5) is 0. The van der Waals surface area contributed by atoms with E-state index >= 15 is 0 Å². The summed E-state index contributed by atoms with van der Waals surface area (Å²) in [6.07, 6.45) is 19.0. The monoisotopic (exact) mass is 345 g/mol. The van der Waals surface area contributed by atoms with Crippen LogP contribution in [0.5, 0.6) is 0 Å². The van der Waals surface area contributed by atoms with Crippen LogP contribution in [0.2, 0.25) is 0 Å². The molecule has 0 saturated heterocycles. The SMILES string of the molecule is CCCCCCCCCCCCCCCCOC[C@](N)(CO)OC. The molecule has 4 heteroatoms. The zero-order valence-electron chi connectivity index (χ0n) is 16.4. The lowest BCUT2D eigenvalue weighted by Gasteiger charge is -2.24. The summed E-state index contributed by atoms with van der Waals surface area (Å²) in [6, 6.07) is 0. The van der Waals surface area contributed by atoms with Gasteiger partial charge >= 0.3 is 0 Å². The van der Waals surface area contributed by atoms with E-state index in [0.717, 1.165) is 6.42 Å². The zero-order chi connectivity index (χ0) is 17.9. The molecule has 1 atom stereocenters. The summed E-state index contributed by atoms with van der Waals surface area (Å²) in [5.74, 6) is 0. The average molecular weight is 346 g/mol. The Morgan fingerprint density at radius 2 is 1.17 bits per heavy atom. The molecule has 0 aliphatic carbocycles. The molecule has 0 unspecified atom stereocenters. The maximum atomic E-state index is 9.08. The highest BCUT2D eigenvalue weighted by Crippen LogP contribution is 2.13. The highest BCUT2D eigenvalue weighted by molar-refractivity contribution is 4.70. The number of hydrogen-bond donors (Lipinski definition) is 2. The Morgan fingerprint density at radius 3 is 1.54 bits per heavy atom. The summed E-state index contributed by atoms with van der Waals surface area (Å²) in [6.45, 7) is 3.00. The molecule has 0 heterocycles. The fourth-order valence-electron chi connectivity index (χ4n) is 2.81. The van der Waals surface area contributed by atoms with E-state index in [9.17, 15) is 0 Å². The highest BCUT2D eigenvalue weighted by atomic mass is 16.6. The maximum absolute atomic E-state index is 9.08. The van der Waals surface area contributed by atoms with Crippen LogP contribution in [0.15, 0.2) is 0 Å². The van der Waals surface area contributed by atoms with Gasteiger partial charge in [-0.05, 0) is 6.42 Å². The molecular weight excluding hydrogens is 302 g/mol. The molecule has 0 rings (SSSR count). The van der Waals surface area contributed by atoms with Crippen LogP contribution in [0.25, 0.3) is 0 Å². The van der Waals surface area contributed by atoms with Crippen molar-refractivity contribution >= 4 is 0 Å². The summed E-state index contributed by atoms with van der Waals surface area (Å²) >= 11 is 0. The third-order valence-corrected chi connectivity index (χ3v) is 4.66. The minimum absolute atomic E-state index is 0.220. The van der Waals surface area contributed by atoms with Crippen LogP contribution in [-0.4, -0.2) is 37.8 Å². The smallest absolute Gasteiger partial charge is 0.163 e. The van der Waals surface area contributed by atoms with E-state index in [4.69, 9.17) is 20.3 Å². The lowest BCUT2D eigenvalue weighted by Crippen LogP contribution is -2.49. The number of methoxy groups -OCH3 is 1. The van der Waals surface area contributed by atoms with Crippen molar-refractivity contribution < 1.29 is 14.6 Å². The fraction of sp³-hybridized carbons (Fsp3) is 1.00. The molecule has 0 amide bonds. The first-order valence-electron chi connectivity index (χ1n) is 10.2. The van der Waals surface area contributed by atoms with E-state index in [2.05, 4.69) is 6.92 Å². The number of hydrogen-bond acceptors (Lipinski definition) is 4. The van der Waals surface area contributed by atoms with Gasteiger partial charge in [0.1, 0.15) is 0 Å². The Kier molecular flexibility index (Phi) is 17.5. The Hall–Kier alpha value is -0.160. The summed E-state index contributed by atoms with van der Waals surface area (Å²) in [5, 5.41) is 9.08. The van der Waals surface area contributed by atoms with Crippen molar-refractivity contribution in [1.29, 1.82) is 0 Å². The molecule has 24 heavy (non-hydrogen) atoms. The lowest BCUT2D eigenvalue weighted by atomic mass is 10.0. The predicted molar refractivity (Wildman–Crippen MR) is 102 cm³/mol. The average Bonchev–Trinajstić information content (AvgIpc) is 2.61. The molecule has 4 nitrogen and oxygen atoms in total. The van der Waals surface area contributed by atoms with Crippen molar-refractivity contribution in [3.8, 4) is 0 Å². The predicted octanol–water partition coefficient (Wildman–Crippen LogP) is 4.78. The van der Waals surface area contributed by atoms with Crippen LogP contribution in [0, 0.1) is 0 Å². The van der Waals surface area contributed by atoms with E-state index < -0.39 is 5.72 Å². The van der Waals surface area contributed by atoms with E-state index in [-0.39, 0.29) is 13.2 Å². The van der Waals surface area contributed by atoms with Crippen LogP contribution in [-0.2, 0) is 9.47 Å². The summed E-state index contributed by atoms with van der Waals surface area (Å²) in [7, 11) is 1.49. The first-order chi connectivity index (χ1) is 11.7. The molecule has 0 bridgehead atoms. The van der Waals surface area contributed by atoms with Crippen LogP contribution in [0.1, 0.15) is 96.8 Å². The second-order valence-electron chi connectivity index (χ2n) is 7.08. The zero-order valence-corrected chi connectivity index (χ0v) is 16.4. The lowest BCUT2D eigenvalue weighted by molar-refractivity contribution is -0.0995. The second-order valence-corrected chi connectivity index (χ2v) is 7.08. The Balaban J connectivity index is 3.13. The first kappa shape index (κ1) is 23.8. The van der Waals surface area contributed by atoms with Gasteiger partial charge in [-0.3, -0.25) is 5.73 Å². The van der Waals surface area contributed by atoms with E-state index in [0.29, 0.717) is 6.61 Å². The molecule has 3 N–H and O–H groups in total. The highest BCUT2D eigenvalue weighted by Gasteiger charge is 2.23. The Morgan fingerprint density at radius 1 is 0.750 bits per heavy atom. The molecule has 0 radical (unpaired) electrons. The van der Waals surface area contributed by atoms with Crippen molar-refractivity contribution in [1.82, 2.24) is 0 Å². The molecule has 0 spiro atoms. The van der Waals surface area contributed by atoms with E-state index in [1.165, 1.54) is 90.6 Å². The van der Waals surface area contributed by atoms with Gasteiger partial charge in [0, 0.05) is 13.7 Å². The minimum atomic E-state index is -1.05. The Labute approximate surface area is 150 Å². The number of aliphatic hydroxyl groups excluding tert-OH is 1. The first-order valence-corrected chi connectivity index (χ1v) is 10.2. The maximum Gasteiger partial charge on any atom is 0.163 e. The van der Waals surface area contributed by atoms with E-state index in [1.807, 2.05) is 0 Å². The molecule has 0 aromatic carbocycles. The van der Waals surface area contributed by atoms with Crippen LogP contribution < -0.4 is 5.73 Å². The van der Waals surface area contributed by atoms with E-state index in [1.54, 1.807) is 0 Å². The normalized spacial score (nSPS) is 14.0. The van der Waals surface area contributed by atoms with Crippen LogP contribution in [0.4, 0.5) is 0 Å². The Bertz CT molecular complexity index is 245. The van der Waals surface area contributed by atoms with Gasteiger partial charge in [-0.1, -0.05) is 90.4 Å². The third kappa shape index (κ3) is 15.4. The molecule has 0 saturated carbocycles. The largest absolute Gasteiger partial charge is 0.392 e. The van der Waals surface area contributed by atoms with Gasteiger partial charge in [-0.2, -0.15) is 0 Å². The van der Waals surface area contributed by atoms with Crippen molar-refractivity contribution in [2.24, 2.45) is 5.73 Å². The molecule has 0 fully saturated rings. The van der Waals surface area contributed by atoms with Gasteiger partial charge in [0.05, 0.1) is 13.2 Å². The van der Waals surface area contributed by atoms with Gasteiger partial charge in [-0.25, -0.2) is 0 Å². The quantitative estimate of drug-likeness (QED) is 0.261. The number of nitrogens with two attached hydrogens (primary N) is 1. The number of ether oxygens (including phenoxy) is 2. The fourth-order valence-corrected chi connectivity index (χ4v) is 2.81. The molecule has 0 aliphatic heterocycles. The van der Waals surface area contributed by atoms with Gasteiger partial charge in [0.25, 0.3) is 0 Å². The van der Waals surface area contributed by atoms with Gasteiger partial charge in [-0.15, -0.1) is 0 Å². The van der Waals surface area contributed by atoms with Gasteiger partial charge in [0.2, 0.25) is 0 Å². The topological polar surface area (TPSA) is 64.7 Å². The standard InChI is InChI=1S/C20H43NO3/c1-3-4-5-6-7-8-9-10-11-12-13-14-15-16-17-24-19-20(21,18-22)23-2/h22H,3-19,21H2,1-2H3/t20-/m0/s1. The molecule has 146 valence electrons. The number of rotatable bonds is 19. The molecule has 0 aliphatic rings. The molecule has 0 aromatic heterocycles. The van der Waals surface area contributed by atoms with Gasteiger partial charge in [0.15, 0.2) is 5.72 Å². The van der Waals surface area contributed by atoms with Crippen molar-refractivity contribution in [3.05, 3.63) is 0 Å². The molecule has 0 aromatic rings. The van der Waals surface area contributed by atoms with Gasteiger partial charge < -0.3 is 14.6 Å². The third-order valence-electron chi connectivity index (χ3n) is 4.66. The van der Waals surface area contributed by atoms with Crippen LogP contribution in [0.3, 0.4) is 0 Å². The summed E-state index contributed by atoms with van der Waals surface area (Å²) in [5.41, 5.74) is 4.71. The van der Waals surface area contributed by atoms with Crippen molar-refractivity contribution in [2.75, 3.05) is 26.9 Å². The van der Waals surface area contributed by atoms with Crippen molar-refractivity contribution in [2.45, 2.75) is 103 Å². The second kappa shape index (κ2) is 17.7. The van der Waals surface area contributed by atoms with Crippen molar-refractivity contribution in [3.63, 3.8) is 0 Å². The minimum Gasteiger partial charge on any atom is -0.392 e. The number of aliphatic hydroxyl groups is 1. The summed E-state index contributed by atoms with van der Waals surface area (Å²) < 4.78 is 10.5.